The smallest absolute Gasteiger partial charge is 0.274 e. The van der Waals surface area contributed by atoms with Gasteiger partial charge in [0.15, 0.2) is 0 Å². The van der Waals surface area contributed by atoms with Crippen molar-refractivity contribution >= 4 is 23.0 Å². The first kappa shape index (κ1) is 15.5. The van der Waals surface area contributed by atoms with Gasteiger partial charge in [-0.2, -0.15) is 0 Å². The lowest BCUT2D eigenvalue weighted by Gasteiger charge is -2.18. The third-order valence-electron chi connectivity index (χ3n) is 3.45. The number of benzene rings is 2. The number of carbonyl (C=O) groups excluding carboxylic acids is 1. The zero-order valence-corrected chi connectivity index (χ0v) is 12.4. The summed E-state index contributed by atoms with van der Waals surface area (Å²) < 4.78 is 0. The van der Waals surface area contributed by atoms with Crippen molar-refractivity contribution in [2.75, 3.05) is 23.8 Å². The Labute approximate surface area is 128 Å². The second-order valence-electron chi connectivity index (χ2n) is 4.85. The van der Waals surface area contributed by atoms with Crippen molar-refractivity contribution in [1.82, 2.24) is 0 Å². The van der Waals surface area contributed by atoms with Crippen LogP contribution >= 0.6 is 0 Å². The molecule has 0 aliphatic rings. The summed E-state index contributed by atoms with van der Waals surface area (Å²) in [4.78, 5) is 24.2. The zero-order chi connectivity index (χ0) is 16.1. The van der Waals surface area contributed by atoms with Crippen LogP contribution < -0.4 is 10.2 Å². The number of hydrogen-bond donors (Lipinski definition) is 1. The van der Waals surface area contributed by atoms with E-state index in [0.717, 1.165) is 5.69 Å². The minimum atomic E-state index is -0.432. The SMILES string of the molecule is Cc1c(NCC(=O)N(C)c2ccccc2)cccc1[N+](=O)[O-]. The van der Waals surface area contributed by atoms with Gasteiger partial charge >= 0.3 is 0 Å². The largest absolute Gasteiger partial charge is 0.376 e. The summed E-state index contributed by atoms with van der Waals surface area (Å²) in [5, 5.41) is 13.9. The summed E-state index contributed by atoms with van der Waals surface area (Å²) in [6, 6.07) is 14.0. The molecule has 0 aliphatic carbocycles. The van der Waals surface area contributed by atoms with E-state index in [9.17, 15) is 14.9 Å². The van der Waals surface area contributed by atoms with Gasteiger partial charge < -0.3 is 10.2 Å². The van der Waals surface area contributed by atoms with Crippen molar-refractivity contribution in [2.45, 2.75) is 6.92 Å². The van der Waals surface area contributed by atoms with Crippen molar-refractivity contribution < 1.29 is 9.72 Å². The molecule has 0 radical (unpaired) electrons. The summed E-state index contributed by atoms with van der Waals surface area (Å²) >= 11 is 0. The van der Waals surface area contributed by atoms with E-state index in [1.807, 2.05) is 30.3 Å². The maximum Gasteiger partial charge on any atom is 0.274 e. The van der Waals surface area contributed by atoms with Gasteiger partial charge in [0, 0.05) is 30.1 Å². The number of para-hydroxylation sites is 1. The second-order valence-corrected chi connectivity index (χ2v) is 4.85. The van der Waals surface area contributed by atoms with Crippen molar-refractivity contribution in [3.8, 4) is 0 Å². The van der Waals surface area contributed by atoms with Gasteiger partial charge in [-0.15, -0.1) is 0 Å². The number of nitrogens with zero attached hydrogens (tertiary/aromatic N) is 2. The summed E-state index contributed by atoms with van der Waals surface area (Å²) in [5.74, 6) is -0.128. The Morgan fingerprint density at radius 1 is 1.18 bits per heavy atom. The van der Waals surface area contributed by atoms with E-state index in [2.05, 4.69) is 5.32 Å². The maximum absolute atomic E-state index is 12.2. The van der Waals surface area contributed by atoms with E-state index in [0.29, 0.717) is 11.3 Å². The average molecular weight is 299 g/mol. The molecule has 1 amide bonds. The standard InChI is InChI=1S/C16H17N3O3/c1-12-14(9-6-10-15(12)19(21)22)17-11-16(20)18(2)13-7-4-3-5-8-13/h3-10,17H,11H2,1-2H3. The number of carbonyl (C=O) groups is 1. The molecule has 2 aromatic rings. The van der Waals surface area contributed by atoms with Crippen molar-refractivity contribution in [2.24, 2.45) is 0 Å². The molecule has 22 heavy (non-hydrogen) atoms. The lowest BCUT2D eigenvalue weighted by molar-refractivity contribution is -0.385. The molecule has 0 saturated carbocycles. The molecule has 6 heteroatoms. The Hall–Kier alpha value is -2.89. The molecule has 1 N–H and O–H groups in total. The highest BCUT2D eigenvalue weighted by atomic mass is 16.6. The molecule has 0 spiro atoms. The van der Waals surface area contributed by atoms with Gasteiger partial charge in [0.05, 0.1) is 11.5 Å². The number of rotatable bonds is 5. The number of nitrogens with one attached hydrogen (secondary N) is 1. The summed E-state index contributed by atoms with van der Waals surface area (Å²) in [5.41, 5.74) is 1.94. The third-order valence-corrected chi connectivity index (χ3v) is 3.45. The van der Waals surface area contributed by atoms with Crippen LogP contribution in [0.4, 0.5) is 17.1 Å². The number of nitro benzene ring substituents is 1. The van der Waals surface area contributed by atoms with Crippen LogP contribution in [0.5, 0.6) is 0 Å². The van der Waals surface area contributed by atoms with Gasteiger partial charge in [-0.1, -0.05) is 24.3 Å². The Bertz CT molecular complexity index is 686. The molecule has 0 saturated heterocycles. The first-order chi connectivity index (χ1) is 10.5. The molecule has 0 aromatic heterocycles. The molecule has 0 fully saturated rings. The fourth-order valence-electron chi connectivity index (χ4n) is 2.10. The Morgan fingerprint density at radius 2 is 1.86 bits per heavy atom. The number of likely N-dealkylation sites (N-methyl/N-ethyl adjacent to an activating group) is 1. The first-order valence-electron chi connectivity index (χ1n) is 6.80. The highest BCUT2D eigenvalue weighted by Crippen LogP contribution is 2.24. The Balaban J connectivity index is 2.06. The highest BCUT2D eigenvalue weighted by Gasteiger charge is 2.15. The summed E-state index contributed by atoms with van der Waals surface area (Å²) in [6.45, 7) is 1.72. The van der Waals surface area contributed by atoms with E-state index in [4.69, 9.17) is 0 Å². The van der Waals surface area contributed by atoms with Crippen LogP contribution in [0, 0.1) is 17.0 Å². The maximum atomic E-state index is 12.2. The Kier molecular flexibility index (Phi) is 4.73. The number of nitro groups is 1. The predicted octanol–water partition coefficient (Wildman–Crippen LogP) is 2.98. The van der Waals surface area contributed by atoms with Crippen LogP contribution in [0.15, 0.2) is 48.5 Å². The topological polar surface area (TPSA) is 75.5 Å². The average Bonchev–Trinajstić information content (AvgIpc) is 2.53. The molecule has 0 unspecified atom stereocenters. The van der Waals surface area contributed by atoms with E-state index < -0.39 is 4.92 Å². The van der Waals surface area contributed by atoms with Gasteiger partial charge in [-0.25, -0.2) is 0 Å². The molecular formula is C16H17N3O3. The van der Waals surface area contributed by atoms with Crippen LogP contribution in [0.1, 0.15) is 5.56 Å². The summed E-state index contributed by atoms with van der Waals surface area (Å²) in [6.07, 6.45) is 0. The predicted molar refractivity (Wildman–Crippen MR) is 86.2 cm³/mol. The monoisotopic (exact) mass is 299 g/mol. The van der Waals surface area contributed by atoms with Crippen LogP contribution in [0.2, 0.25) is 0 Å². The molecule has 2 aromatic carbocycles. The summed E-state index contributed by atoms with van der Waals surface area (Å²) in [7, 11) is 1.69. The van der Waals surface area contributed by atoms with E-state index in [1.165, 1.54) is 6.07 Å². The molecule has 0 atom stereocenters. The molecular weight excluding hydrogens is 282 g/mol. The van der Waals surface area contributed by atoms with E-state index >= 15 is 0 Å². The molecule has 0 bridgehead atoms. The molecule has 6 nitrogen and oxygen atoms in total. The van der Waals surface area contributed by atoms with Gasteiger partial charge in [-0.05, 0) is 25.1 Å². The van der Waals surface area contributed by atoms with Crippen molar-refractivity contribution in [3.63, 3.8) is 0 Å². The van der Waals surface area contributed by atoms with Crippen LogP contribution in [0.25, 0.3) is 0 Å². The minimum Gasteiger partial charge on any atom is -0.376 e. The second kappa shape index (κ2) is 6.71. The zero-order valence-electron chi connectivity index (χ0n) is 12.4. The van der Waals surface area contributed by atoms with Gasteiger partial charge in [0.2, 0.25) is 5.91 Å². The van der Waals surface area contributed by atoms with Gasteiger partial charge in [0.1, 0.15) is 0 Å². The lowest BCUT2D eigenvalue weighted by atomic mass is 10.1. The molecule has 114 valence electrons. The fraction of sp³-hybridized carbons (Fsp3) is 0.188. The highest BCUT2D eigenvalue weighted by molar-refractivity contribution is 5.95. The quantitative estimate of drug-likeness (QED) is 0.680. The minimum absolute atomic E-state index is 0.0360. The third kappa shape index (κ3) is 3.41. The van der Waals surface area contributed by atoms with Crippen molar-refractivity contribution in [3.05, 3.63) is 64.2 Å². The molecule has 0 heterocycles. The van der Waals surface area contributed by atoms with Crippen LogP contribution in [-0.2, 0) is 4.79 Å². The van der Waals surface area contributed by atoms with Crippen LogP contribution in [-0.4, -0.2) is 24.4 Å². The van der Waals surface area contributed by atoms with Crippen LogP contribution in [0.3, 0.4) is 0 Å². The lowest BCUT2D eigenvalue weighted by Crippen LogP contribution is -2.32. The van der Waals surface area contributed by atoms with E-state index in [-0.39, 0.29) is 18.1 Å². The normalized spacial score (nSPS) is 10.1. The first-order valence-corrected chi connectivity index (χ1v) is 6.80. The van der Waals surface area contributed by atoms with Gasteiger partial charge in [-0.3, -0.25) is 14.9 Å². The van der Waals surface area contributed by atoms with E-state index in [1.54, 1.807) is 31.0 Å². The number of anilines is 2. The Morgan fingerprint density at radius 3 is 2.50 bits per heavy atom. The van der Waals surface area contributed by atoms with Gasteiger partial charge in [0.25, 0.3) is 5.69 Å². The number of hydrogen-bond acceptors (Lipinski definition) is 4. The van der Waals surface area contributed by atoms with Crippen molar-refractivity contribution in [1.29, 1.82) is 0 Å². The molecule has 2 rings (SSSR count). The number of amides is 1. The molecule has 0 aliphatic heterocycles. The fourth-order valence-corrected chi connectivity index (χ4v) is 2.10.